The third-order valence-corrected chi connectivity index (χ3v) is 6.39. The van der Waals surface area contributed by atoms with Crippen LogP contribution in [0.4, 0.5) is 5.69 Å². The predicted octanol–water partition coefficient (Wildman–Crippen LogP) is 1.11. The Morgan fingerprint density at radius 1 is 1.07 bits per heavy atom. The van der Waals surface area contributed by atoms with Gasteiger partial charge in [0.25, 0.3) is 0 Å². The van der Waals surface area contributed by atoms with Crippen LogP contribution in [-0.2, 0) is 33.8 Å². The summed E-state index contributed by atoms with van der Waals surface area (Å²) in [5.74, 6) is -1.42. The van der Waals surface area contributed by atoms with Gasteiger partial charge in [0.2, 0.25) is 10.0 Å². The van der Waals surface area contributed by atoms with Crippen LogP contribution >= 0.6 is 0 Å². The molecule has 0 unspecified atom stereocenters. The minimum Gasteiger partial charge on any atom is -0.466 e. The summed E-state index contributed by atoms with van der Waals surface area (Å²) in [6.07, 6.45) is 0. The lowest BCUT2D eigenvalue weighted by atomic mass is 10.1. The Morgan fingerprint density at radius 2 is 1.64 bits per heavy atom. The molecule has 0 atom stereocenters. The van der Waals surface area contributed by atoms with Crippen LogP contribution in [0.2, 0.25) is 0 Å². The van der Waals surface area contributed by atoms with E-state index < -0.39 is 22.0 Å². The monoisotopic (exact) mass is 412 g/mol. The van der Waals surface area contributed by atoms with Crippen molar-refractivity contribution in [2.24, 2.45) is 0 Å². The van der Waals surface area contributed by atoms with Gasteiger partial charge in [-0.2, -0.15) is 4.31 Å². The molecule has 1 aromatic carbocycles. The fourth-order valence-corrected chi connectivity index (χ4v) is 4.32. The largest absolute Gasteiger partial charge is 0.466 e. The van der Waals surface area contributed by atoms with E-state index >= 15 is 0 Å². The third-order valence-electron chi connectivity index (χ3n) is 4.32. The number of hydrogen-bond acceptors (Lipinski definition) is 8. The number of benzene rings is 1. The first-order chi connectivity index (χ1) is 13.3. The van der Waals surface area contributed by atoms with Gasteiger partial charge < -0.3 is 19.1 Å². The summed E-state index contributed by atoms with van der Waals surface area (Å²) in [4.78, 5) is 25.9. The second-order valence-electron chi connectivity index (χ2n) is 5.80. The molecule has 1 aliphatic rings. The number of nitrogens with zero attached hydrogens (tertiary/aromatic N) is 2. The lowest BCUT2D eigenvalue weighted by molar-refractivity contribution is -0.140. The standard InChI is InChI=1S/C18H24N2O7S/c1-5-19(6-2)28(23,24)14-9-7-13(8-10-14)20-12-27-11-15(17(21)25-3)16(20)18(22)26-4/h7-10H,5-6,11-12H2,1-4H3. The van der Waals surface area contributed by atoms with Crippen molar-refractivity contribution in [3.63, 3.8) is 0 Å². The van der Waals surface area contributed by atoms with Crippen LogP contribution in [0.15, 0.2) is 40.4 Å². The Kier molecular flexibility index (Phi) is 7.17. The Hall–Kier alpha value is -2.43. The number of esters is 2. The van der Waals surface area contributed by atoms with Crippen molar-refractivity contribution in [1.29, 1.82) is 0 Å². The molecule has 1 aromatic rings. The quantitative estimate of drug-likeness (QED) is 0.614. The van der Waals surface area contributed by atoms with E-state index in [0.717, 1.165) is 0 Å². The Balaban J connectivity index is 2.46. The number of ether oxygens (including phenoxy) is 3. The normalized spacial score (nSPS) is 15.0. The van der Waals surface area contributed by atoms with Crippen LogP contribution in [0.1, 0.15) is 13.8 Å². The van der Waals surface area contributed by atoms with Crippen molar-refractivity contribution in [1.82, 2.24) is 4.31 Å². The van der Waals surface area contributed by atoms with E-state index in [-0.39, 0.29) is 29.5 Å². The zero-order chi connectivity index (χ0) is 20.9. The van der Waals surface area contributed by atoms with Crippen LogP contribution in [0.3, 0.4) is 0 Å². The SMILES string of the molecule is CCN(CC)S(=O)(=O)c1ccc(N2COCC(C(=O)OC)=C2C(=O)OC)cc1. The molecule has 0 radical (unpaired) electrons. The summed E-state index contributed by atoms with van der Waals surface area (Å²) in [5, 5.41) is 0. The molecule has 0 saturated heterocycles. The summed E-state index contributed by atoms with van der Waals surface area (Å²) in [5.41, 5.74) is 0.500. The summed E-state index contributed by atoms with van der Waals surface area (Å²) >= 11 is 0. The van der Waals surface area contributed by atoms with Gasteiger partial charge in [0.15, 0.2) is 0 Å². The van der Waals surface area contributed by atoms with E-state index in [9.17, 15) is 18.0 Å². The first-order valence-corrected chi connectivity index (χ1v) is 10.1. The smallest absolute Gasteiger partial charge is 0.355 e. The average molecular weight is 412 g/mol. The number of hydrogen-bond donors (Lipinski definition) is 0. The number of carbonyl (C=O) groups is 2. The van der Waals surface area contributed by atoms with Crippen LogP contribution < -0.4 is 4.90 Å². The first kappa shape index (κ1) is 21.9. The Labute approximate surface area is 164 Å². The molecule has 0 spiro atoms. The molecule has 9 nitrogen and oxygen atoms in total. The lowest BCUT2D eigenvalue weighted by Crippen LogP contribution is -2.38. The Bertz CT molecular complexity index is 858. The highest BCUT2D eigenvalue weighted by molar-refractivity contribution is 7.89. The van der Waals surface area contributed by atoms with Gasteiger partial charge >= 0.3 is 11.9 Å². The van der Waals surface area contributed by atoms with Crippen molar-refractivity contribution in [3.05, 3.63) is 35.5 Å². The molecule has 10 heteroatoms. The highest BCUT2D eigenvalue weighted by atomic mass is 32.2. The van der Waals surface area contributed by atoms with Crippen LogP contribution in [0, 0.1) is 0 Å². The zero-order valence-corrected chi connectivity index (χ0v) is 17.1. The minimum absolute atomic E-state index is 0.0000462. The fraction of sp³-hybridized carbons (Fsp3) is 0.444. The van der Waals surface area contributed by atoms with Crippen LogP contribution in [0.5, 0.6) is 0 Å². The highest BCUT2D eigenvalue weighted by Gasteiger charge is 2.32. The molecule has 1 aliphatic heterocycles. The summed E-state index contributed by atoms with van der Waals surface area (Å²) in [7, 11) is -1.20. The first-order valence-electron chi connectivity index (χ1n) is 8.67. The predicted molar refractivity (Wildman–Crippen MR) is 101 cm³/mol. The molecule has 0 N–H and O–H groups in total. The number of methoxy groups -OCH3 is 2. The number of anilines is 1. The van der Waals surface area contributed by atoms with Gasteiger partial charge in [0, 0.05) is 18.8 Å². The molecule has 2 rings (SSSR count). The van der Waals surface area contributed by atoms with E-state index in [0.29, 0.717) is 18.8 Å². The molecule has 0 saturated carbocycles. The molecule has 28 heavy (non-hydrogen) atoms. The molecular formula is C18H24N2O7S. The lowest BCUT2D eigenvalue weighted by Gasteiger charge is -2.31. The van der Waals surface area contributed by atoms with Gasteiger partial charge in [0.1, 0.15) is 12.4 Å². The van der Waals surface area contributed by atoms with E-state index in [4.69, 9.17) is 14.2 Å². The van der Waals surface area contributed by atoms with E-state index in [1.54, 1.807) is 26.0 Å². The average Bonchev–Trinajstić information content (AvgIpc) is 2.72. The summed E-state index contributed by atoms with van der Waals surface area (Å²) in [6, 6.07) is 5.99. The molecule has 0 amide bonds. The van der Waals surface area contributed by atoms with E-state index in [1.807, 2.05) is 0 Å². The number of carbonyl (C=O) groups excluding carboxylic acids is 2. The van der Waals surface area contributed by atoms with Gasteiger partial charge in [-0.15, -0.1) is 0 Å². The van der Waals surface area contributed by atoms with Crippen molar-refractivity contribution in [3.8, 4) is 0 Å². The second-order valence-corrected chi connectivity index (χ2v) is 7.74. The van der Waals surface area contributed by atoms with Crippen molar-refractivity contribution in [2.75, 3.05) is 45.5 Å². The van der Waals surface area contributed by atoms with Gasteiger partial charge in [0.05, 0.1) is 31.3 Å². The van der Waals surface area contributed by atoms with Gasteiger partial charge in [-0.25, -0.2) is 18.0 Å². The zero-order valence-electron chi connectivity index (χ0n) is 16.3. The highest BCUT2D eigenvalue weighted by Crippen LogP contribution is 2.28. The fourth-order valence-electron chi connectivity index (χ4n) is 2.86. The van der Waals surface area contributed by atoms with Gasteiger partial charge in [-0.1, -0.05) is 13.8 Å². The number of rotatable bonds is 7. The third kappa shape index (κ3) is 4.18. The maximum atomic E-state index is 12.6. The van der Waals surface area contributed by atoms with Crippen molar-refractivity contribution < 1.29 is 32.2 Å². The maximum absolute atomic E-state index is 12.6. The topological polar surface area (TPSA) is 102 Å². The van der Waals surface area contributed by atoms with E-state index in [1.165, 1.54) is 35.6 Å². The molecule has 0 aromatic heterocycles. The van der Waals surface area contributed by atoms with Crippen molar-refractivity contribution >= 4 is 27.6 Å². The number of sulfonamides is 1. The van der Waals surface area contributed by atoms with Crippen LogP contribution in [-0.4, -0.2) is 65.3 Å². The molecule has 1 heterocycles. The summed E-state index contributed by atoms with van der Waals surface area (Å²) < 4.78 is 41.5. The maximum Gasteiger partial charge on any atom is 0.355 e. The molecule has 0 bridgehead atoms. The van der Waals surface area contributed by atoms with Gasteiger partial charge in [-0.05, 0) is 24.3 Å². The van der Waals surface area contributed by atoms with Crippen molar-refractivity contribution in [2.45, 2.75) is 18.7 Å². The molecular weight excluding hydrogens is 388 g/mol. The molecule has 154 valence electrons. The van der Waals surface area contributed by atoms with Gasteiger partial charge in [-0.3, -0.25) is 0 Å². The summed E-state index contributed by atoms with van der Waals surface area (Å²) in [6.45, 7) is 4.15. The Morgan fingerprint density at radius 3 is 2.14 bits per heavy atom. The van der Waals surface area contributed by atoms with Crippen LogP contribution in [0.25, 0.3) is 0 Å². The minimum atomic E-state index is -3.61. The van der Waals surface area contributed by atoms with E-state index in [2.05, 4.69) is 0 Å². The second kappa shape index (κ2) is 9.18. The molecule has 0 aliphatic carbocycles. The molecule has 0 fully saturated rings.